The van der Waals surface area contributed by atoms with Crippen LogP contribution in [0.25, 0.3) is 0 Å². The average Bonchev–Trinajstić information content (AvgIpc) is 2.33. The first-order valence-corrected chi connectivity index (χ1v) is 6.47. The average molecular weight is 341 g/mol. The molecule has 0 saturated heterocycles. The Morgan fingerprint density at radius 2 is 1.76 bits per heavy atom. The lowest BCUT2D eigenvalue weighted by molar-refractivity contribution is 0.623. The van der Waals surface area contributed by atoms with Crippen LogP contribution < -0.4 is 5.32 Å². The van der Waals surface area contributed by atoms with Crippen LogP contribution in [0, 0.1) is 9.39 Å². The highest BCUT2D eigenvalue weighted by molar-refractivity contribution is 14.1. The second-order valence-corrected chi connectivity index (χ2v) is 5.07. The molecule has 0 amide bonds. The summed E-state index contributed by atoms with van der Waals surface area (Å²) in [4.78, 5) is 0. The fraction of sp³-hybridized carbons (Fsp3) is 0.143. The number of hydrogen-bond donors (Lipinski definition) is 1. The first-order valence-electron chi connectivity index (χ1n) is 5.39. The van der Waals surface area contributed by atoms with Crippen molar-refractivity contribution in [1.82, 2.24) is 5.32 Å². The van der Waals surface area contributed by atoms with Crippen LogP contribution in [0.3, 0.4) is 0 Å². The van der Waals surface area contributed by atoms with Crippen molar-refractivity contribution in [1.29, 1.82) is 0 Å². The van der Waals surface area contributed by atoms with Gasteiger partial charge in [-0.2, -0.15) is 0 Å². The zero-order valence-corrected chi connectivity index (χ0v) is 11.6. The van der Waals surface area contributed by atoms with Crippen LogP contribution in [0.15, 0.2) is 48.5 Å². The molecule has 1 N–H and O–H groups in total. The van der Waals surface area contributed by atoms with E-state index in [1.54, 1.807) is 0 Å². The summed E-state index contributed by atoms with van der Waals surface area (Å²) in [5.74, 6) is -0.203. The van der Waals surface area contributed by atoms with Gasteiger partial charge >= 0.3 is 0 Å². The van der Waals surface area contributed by atoms with E-state index in [1.807, 2.05) is 25.2 Å². The van der Waals surface area contributed by atoms with Gasteiger partial charge in [-0.1, -0.05) is 24.3 Å². The Bertz CT molecular complexity index is 496. The van der Waals surface area contributed by atoms with Gasteiger partial charge in [0, 0.05) is 3.57 Å². The van der Waals surface area contributed by atoms with E-state index in [1.165, 1.54) is 21.3 Å². The molecule has 2 aromatic carbocycles. The van der Waals surface area contributed by atoms with Crippen LogP contribution in [0.5, 0.6) is 0 Å². The van der Waals surface area contributed by atoms with Crippen LogP contribution in [0.1, 0.15) is 17.2 Å². The van der Waals surface area contributed by atoms with Crippen LogP contribution >= 0.6 is 22.6 Å². The summed E-state index contributed by atoms with van der Waals surface area (Å²) in [6.45, 7) is 0. The van der Waals surface area contributed by atoms with Crippen molar-refractivity contribution in [2.45, 2.75) is 6.04 Å². The molecule has 0 aliphatic heterocycles. The number of nitrogens with one attached hydrogen (secondary N) is 1. The number of halogens is 2. The fourth-order valence-electron chi connectivity index (χ4n) is 1.87. The molecule has 2 aromatic rings. The van der Waals surface area contributed by atoms with Crippen molar-refractivity contribution >= 4 is 22.6 Å². The number of benzene rings is 2. The second-order valence-electron chi connectivity index (χ2n) is 3.83. The third-order valence-electron chi connectivity index (χ3n) is 2.67. The van der Waals surface area contributed by atoms with Crippen molar-refractivity contribution < 1.29 is 4.39 Å². The van der Waals surface area contributed by atoms with E-state index >= 15 is 0 Å². The normalized spacial score (nSPS) is 12.4. The molecule has 0 bridgehead atoms. The Morgan fingerprint density at radius 1 is 1.06 bits per heavy atom. The molecule has 0 radical (unpaired) electrons. The van der Waals surface area contributed by atoms with E-state index in [9.17, 15) is 4.39 Å². The molecule has 0 aromatic heterocycles. The lowest BCUT2D eigenvalue weighted by Crippen LogP contribution is -2.17. The van der Waals surface area contributed by atoms with Crippen molar-refractivity contribution in [3.63, 3.8) is 0 Å². The molecule has 0 saturated carbocycles. The van der Waals surface area contributed by atoms with Gasteiger partial charge in [0.2, 0.25) is 0 Å². The smallest absolute Gasteiger partial charge is 0.123 e. The zero-order valence-electron chi connectivity index (χ0n) is 9.45. The van der Waals surface area contributed by atoms with Gasteiger partial charge in [0.05, 0.1) is 6.04 Å². The van der Waals surface area contributed by atoms with Crippen LogP contribution in [0.2, 0.25) is 0 Å². The van der Waals surface area contributed by atoms with Gasteiger partial charge in [-0.15, -0.1) is 0 Å². The Kier molecular flexibility index (Phi) is 4.12. The van der Waals surface area contributed by atoms with E-state index in [4.69, 9.17) is 0 Å². The minimum absolute atomic E-state index is 0.102. The van der Waals surface area contributed by atoms with Crippen molar-refractivity contribution in [3.05, 3.63) is 69.0 Å². The first-order chi connectivity index (χ1) is 8.20. The molecule has 1 unspecified atom stereocenters. The van der Waals surface area contributed by atoms with Crippen molar-refractivity contribution in [2.75, 3.05) is 7.05 Å². The Hall–Kier alpha value is -0.940. The summed E-state index contributed by atoms with van der Waals surface area (Å²) in [5, 5.41) is 3.26. The summed E-state index contributed by atoms with van der Waals surface area (Å²) >= 11 is 2.29. The summed E-state index contributed by atoms with van der Waals surface area (Å²) in [7, 11) is 1.91. The quantitative estimate of drug-likeness (QED) is 0.839. The lowest BCUT2D eigenvalue weighted by atomic mass is 9.99. The number of hydrogen-bond acceptors (Lipinski definition) is 1. The minimum atomic E-state index is -0.203. The summed E-state index contributed by atoms with van der Waals surface area (Å²) in [6, 6.07) is 15.0. The van der Waals surface area contributed by atoms with E-state index in [0.29, 0.717) is 0 Å². The standard InChI is InChI=1S/C14H13FIN/c1-17-14(10-5-7-12(15)8-6-10)11-3-2-4-13(16)9-11/h2-9,14,17H,1H3. The summed E-state index contributed by atoms with van der Waals surface area (Å²) < 4.78 is 14.1. The molecular formula is C14H13FIN. The molecule has 3 heteroatoms. The molecule has 1 atom stereocenters. The van der Waals surface area contributed by atoms with Crippen LogP contribution in [-0.4, -0.2) is 7.05 Å². The SMILES string of the molecule is CNC(c1ccc(F)cc1)c1cccc(I)c1. The molecule has 1 nitrogen and oxygen atoms in total. The van der Waals surface area contributed by atoms with Crippen LogP contribution in [-0.2, 0) is 0 Å². The third-order valence-corrected chi connectivity index (χ3v) is 3.35. The second kappa shape index (κ2) is 5.60. The van der Waals surface area contributed by atoms with E-state index in [2.05, 4.69) is 46.1 Å². The van der Waals surface area contributed by atoms with Crippen LogP contribution in [0.4, 0.5) is 4.39 Å². The molecular weight excluding hydrogens is 328 g/mol. The highest BCUT2D eigenvalue weighted by atomic mass is 127. The van der Waals surface area contributed by atoms with Gasteiger partial charge in [-0.05, 0) is 65.0 Å². The molecule has 0 aliphatic rings. The number of rotatable bonds is 3. The van der Waals surface area contributed by atoms with Gasteiger partial charge in [0.25, 0.3) is 0 Å². The topological polar surface area (TPSA) is 12.0 Å². The Morgan fingerprint density at radius 3 is 2.35 bits per heavy atom. The highest BCUT2D eigenvalue weighted by Crippen LogP contribution is 2.23. The lowest BCUT2D eigenvalue weighted by Gasteiger charge is -2.17. The highest BCUT2D eigenvalue weighted by Gasteiger charge is 2.11. The third kappa shape index (κ3) is 3.04. The minimum Gasteiger partial charge on any atom is -0.309 e. The molecule has 0 aliphatic carbocycles. The monoisotopic (exact) mass is 341 g/mol. The predicted octanol–water partition coefficient (Wildman–Crippen LogP) is 3.74. The molecule has 0 heterocycles. The largest absolute Gasteiger partial charge is 0.309 e. The molecule has 2 rings (SSSR count). The predicted molar refractivity (Wildman–Crippen MR) is 76.5 cm³/mol. The first kappa shape index (κ1) is 12.5. The maximum absolute atomic E-state index is 12.9. The molecule has 0 fully saturated rings. The van der Waals surface area contributed by atoms with E-state index < -0.39 is 0 Å². The van der Waals surface area contributed by atoms with Gasteiger partial charge in [0.15, 0.2) is 0 Å². The zero-order chi connectivity index (χ0) is 12.3. The van der Waals surface area contributed by atoms with Gasteiger partial charge in [-0.25, -0.2) is 4.39 Å². The summed E-state index contributed by atoms with van der Waals surface area (Å²) in [6.07, 6.45) is 0. The Labute approximate surface area is 114 Å². The maximum atomic E-state index is 12.9. The molecule has 88 valence electrons. The fourth-order valence-corrected chi connectivity index (χ4v) is 2.43. The molecule has 17 heavy (non-hydrogen) atoms. The van der Waals surface area contributed by atoms with E-state index in [-0.39, 0.29) is 11.9 Å². The summed E-state index contributed by atoms with van der Waals surface area (Å²) in [5.41, 5.74) is 2.25. The van der Waals surface area contributed by atoms with Gasteiger partial charge in [0.1, 0.15) is 5.82 Å². The van der Waals surface area contributed by atoms with Gasteiger partial charge in [-0.3, -0.25) is 0 Å². The Balaban J connectivity index is 2.36. The van der Waals surface area contributed by atoms with Gasteiger partial charge < -0.3 is 5.32 Å². The van der Waals surface area contributed by atoms with Crippen molar-refractivity contribution in [3.8, 4) is 0 Å². The molecule has 0 spiro atoms. The van der Waals surface area contributed by atoms with Crippen molar-refractivity contribution in [2.24, 2.45) is 0 Å². The maximum Gasteiger partial charge on any atom is 0.123 e. The van der Waals surface area contributed by atoms with E-state index in [0.717, 1.165) is 5.56 Å².